The molecule has 0 unspecified atom stereocenters. The fourth-order valence-electron chi connectivity index (χ4n) is 3.82. The molecule has 1 N–H and O–H groups in total. The van der Waals surface area contributed by atoms with E-state index in [1.807, 2.05) is 0 Å². The molecule has 0 radical (unpaired) electrons. The van der Waals surface area contributed by atoms with E-state index in [1.54, 1.807) is 0 Å². The van der Waals surface area contributed by atoms with E-state index in [0.717, 1.165) is 38.8 Å². The molecule has 0 aromatic carbocycles. The lowest BCUT2D eigenvalue weighted by atomic mass is 9.99. The first-order valence-electron chi connectivity index (χ1n) is 8.78. The van der Waals surface area contributed by atoms with Crippen LogP contribution < -0.4 is 5.32 Å². The Morgan fingerprint density at radius 3 is 2.61 bits per heavy atom. The summed E-state index contributed by atoms with van der Waals surface area (Å²) in [5, 5.41) is 3.03. The molecular formula is C16H26F3N3O. The van der Waals surface area contributed by atoms with E-state index >= 15 is 0 Å². The number of urea groups is 1. The van der Waals surface area contributed by atoms with Crippen LogP contribution in [0.5, 0.6) is 0 Å². The summed E-state index contributed by atoms with van der Waals surface area (Å²) in [6, 6.07) is 0.159. The van der Waals surface area contributed by atoms with Gasteiger partial charge < -0.3 is 10.2 Å². The summed E-state index contributed by atoms with van der Waals surface area (Å²) < 4.78 is 37.5. The highest BCUT2D eigenvalue weighted by Gasteiger charge is 2.38. The topological polar surface area (TPSA) is 35.6 Å². The van der Waals surface area contributed by atoms with Crippen LogP contribution in [0.25, 0.3) is 0 Å². The number of hydrogen-bond donors (Lipinski definition) is 1. The zero-order valence-corrected chi connectivity index (χ0v) is 13.4. The molecule has 7 heteroatoms. The van der Waals surface area contributed by atoms with E-state index in [-0.39, 0.29) is 18.6 Å². The minimum absolute atomic E-state index is 0.0930. The summed E-state index contributed by atoms with van der Waals surface area (Å²) >= 11 is 0. The molecule has 2 amide bonds. The Bertz CT molecular complexity index is 425. The smallest absolute Gasteiger partial charge is 0.334 e. The van der Waals surface area contributed by atoms with Crippen molar-refractivity contribution in [3.05, 3.63) is 0 Å². The maximum atomic E-state index is 12.5. The van der Waals surface area contributed by atoms with E-state index in [0.29, 0.717) is 18.5 Å². The molecule has 23 heavy (non-hydrogen) atoms. The van der Waals surface area contributed by atoms with Crippen LogP contribution in [0.1, 0.15) is 44.9 Å². The van der Waals surface area contributed by atoms with Gasteiger partial charge in [-0.05, 0) is 44.6 Å². The van der Waals surface area contributed by atoms with Crippen LogP contribution >= 0.6 is 0 Å². The van der Waals surface area contributed by atoms with Crippen molar-refractivity contribution in [3.63, 3.8) is 0 Å². The summed E-state index contributed by atoms with van der Waals surface area (Å²) in [7, 11) is 0. The summed E-state index contributed by atoms with van der Waals surface area (Å²) in [5.41, 5.74) is 0. The SMILES string of the molecule is O=C(N[C@@H]1CCN2CCCC[C@@H]12)N(CCC(F)(F)F)CC1CC1. The zero-order valence-electron chi connectivity index (χ0n) is 13.4. The maximum absolute atomic E-state index is 12.5. The van der Waals surface area contributed by atoms with Crippen molar-refractivity contribution in [1.82, 2.24) is 15.1 Å². The molecular weight excluding hydrogens is 307 g/mol. The lowest BCUT2D eigenvalue weighted by Crippen LogP contribution is -2.51. The molecule has 3 rings (SSSR count). The second-order valence-corrected chi connectivity index (χ2v) is 7.20. The summed E-state index contributed by atoms with van der Waals surface area (Å²) in [6.45, 7) is 2.30. The van der Waals surface area contributed by atoms with E-state index < -0.39 is 12.6 Å². The van der Waals surface area contributed by atoms with E-state index in [4.69, 9.17) is 0 Å². The number of fused-ring (bicyclic) bond motifs is 1. The first kappa shape index (κ1) is 16.9. The average Bonchev–Trinajstić information content (AvgIpc) is 3.23. The van der Waals surface area contributed by atoms with Crippen LogP contribution in [-0.4, -0.2) is 60.3 Å². The predicted molar refractivity (Wildman–Crippen MR) is 81.1 cm³/mol. The monoisotopic (exact) mass is 333 g/mol. The van der Waals surface area contributed by atoms with Crippen molar-refractivity contribution in [2.24, 2.45) is 5.92 Å². The Morgan fingerprint density at radius 2 is 1.91 bits per heavy atom. The lowest BCUT2D eigenvalue weighted by Gasteiger charge is -2.33. The number of nitrogens with one attached hydrogen (secondary N) is 1. The fraction of sp³-hybridized carbons (Fsp3) is 0.938. The fourth-order valence-corrected chi connectivity index (χ4v) is 3.82. The first-order chi connectivity index (χ1) is 10.9. The van der Waals surface area contributed by atoms with Gasteiger partial charge in [-0.25, -0.2) is 4.79 Å². The molecule has 0 bridgehead atoms. The van der Waals surface area contributed by atoms with Crippen LogP contribution in [0, 0.1) is 5.92 Å². The van der Waals surface area contributed by atoms with Crippen molar-refractivity contribution < 1.29 is 18.0 Å². The quantitative estimate of drug-likeness (QED) is 0.839. The number of piperidine rings is 1. The van der Waals surface area contributed by atoms with Gasteiger partial charge in [-0.15, -0.1) is 0 Å². The van der Waals surface area contributed by atoms with Crippen LogP contribution in [-0.2, 0) is 0 Å². The van der Waals surface area contributed by atoms with Gasteiger partial charge in [-0.3, -0.25) is 4.90 Å². The molecule has 1 aliphatic carbocycles. The van der Waals surface area contributed by atoms with Gasteiger partial charge in [0.15, 0.2) is 0 Å². The van der Waals surface area contributed by atoms with Gasteiger partial charge in [0.2, 0.25) is 0 Å². The number of halogens is 3. The van der Waals surface area contributed by atoms with E-state index in [9.17, 15) is 18.0 Å². The summed E-state index contributed by atoms with van der Waals surface area (Å²) in [6.07, 6.45) is 1.28. The second-order valence-electron chi connectivity index (χ2n) is 7.20. The molecule has 1 saturated carbocycles. The molecule has 2 atom stereocenters. The molecule has 2 aliphatic heterocycles. The molecule has 3 aliphatic rings. The first-order valence-corrected chi connectivity index (χ1v) is 8.78. The number of hydrogen-bond acceptors (Lipinski definition) is 2. The van der Waals surface area contributed by atoms with E-state index in [1.165, 1.54) is 17.7 Å². The van der Waals surface area contributed by atoms with Crippen molar-refractivity contribution >= 4 is 6.03 Å². The number of nitrogens with zero attached hydrogens (tertiary/aromatic N) is 2. The van der Waals surface area contributed by atoms with Crippen molar-refractivity contribution in [2.75, 3.05) is 26.2 Å². The summed E-state index contributed by atoms with van der Waals surface area (Å²) in [5.74, 6) is 0.392. The normalized spacial score (nSPS) is 28.5. The van der Waals surface area contributed by atoms with Gasteiger partial charge in [-0.1, -0.05) is 6.42 Å². The van der Waals surface area contributed by atoms with Crippen LogP contribution in [0.3, 0.4) is 0 Å². The third kappa shape index (κ3) is 4.75. The Labute approximate surface area is 135 Å². The van der Waals surface area contributed by atoms with Gasteiger partial charge in [0.25, 0.3) is 0 Å². The Hall–Kier alpha value is -0.980. The highest BCUT2D eigenvalue weighted by atomic mass is 19.4. The zero-order chi connectivity index (χ0) is 16.4. The Kier molecular flexibility index (Phi) is 5.04. The van der Waals surface area contributed by atoms with Crippen molar-refractivity contribution in [3.8, 4) is 0 Å². The molecule has 2 saturated heterocycles. The number of rotatable bonds is 5. The third-order valence-corrected chi connectivity index (χ3v) is 5.29. The van der Waals surface area contributed by atoms with Gasteiger partial charge in [0, 0.05) is 31.7 Å². The number of alkyl halides is 3. The summed E-state index contributed by atoms with van der Waals surface area (Å²) in [4.78, 5) is 16.3. The maximum Gasteiger partial charge on any atom is 0.390 e. The molecule has 0 aromatic heterocycles. The van der Waals surface area contributed by atoms with Crippen LogP contribution in [0.2, 0.25) is 0 Å². The standard InChI is InChI=1S/C16H26F3N3O/c17-16(18,19)7-10-22(11-12-4-5-12)15(23)20-13-6-9-21-8-2-1-3-14(13)21/h12-14H,1-11H2,(H,20,23)/t13-,14+/m1/s1. The molecule has 4 nitrogen and oxygen atoms in total. The highest BCUT2D eigenvalue weighted by molar-refractivity contribution is 5.74. The minimum atomic E-state index is -4.21. The van der Waals surface area contributed by atoms with Crippen molar-refractivity contribution in [2.45, 2.75) is 63.2 Å². The lowest BCUT2D eigenvalue weighted by molar-refractivity contribution is -0.136. The average molecular weight is 333 g/mol. The predicted octanol–water partition coefficient (Wildman–Crippen LogP) is 2.99. The Morgan fingerprint density at radius 1 is 1.13 bits per heavy atom. The van der Waals surface area contributed by atoms with Crippen LogP contribution in [0.4, 0.5) is 18.0 Å². The molecule has 0 spiro atoms. The van der Waals surface area contributed by atoms with Crippen LogP contribution in [0.15, 0.2) is 0 Å². The van der Waals surface area contributed by atoms with Gasteiger partial charge in [0.1, 0.15) is 0 Å². The highest BCUT2D eigenvalue weighted by Crippen LogP contribution is 2.31. The second kappa shape index (κ2) is 6.87. The third-order valence-electron chi connectivity index (χ3n) is 5.29. The minimum Gasteiger partial charge on any atom is -0.334 e. The van der Waals surface area contributed by atoms with Gasteiger partial charge in [-0.2, -0.15) is 13.2 Å². The molecule has 0 aromatic rings. The molecule has 2 heterocycles. The molecule has 132 valence electrons. The largest absolute Gasteiger partial charge is 0.390 e. The molecule has 3 fully saturated rings. The Balaban J connectivity index is 1.54. The van der Waals surface area contributed by atoms with Gasteiger partial charge in [0.05, 0.1) is 6.42 Å². The van der Waals surface area contributed by atoms with Gasteiger partial charge >= 0.3 is 12.2 Å². The van der Waals surface area contributed by atoms with Crippen molar-refractivity contribution in [1.29, 1.82) is 0 Å². The number of amides is 2. The number of carbonyl (C=O) groups is 1. The van der Waals surface area contributed by atoms with E-state index in [2.05, 4.69) is 10.2 Å². The number of carbonyl (C=O) groups excluding carboxylic acids is 1.